The van der Waals surface area contributed by atoms with E-state index in [1.807, 2.05) is 19.2 Å². The third-order valence-electron chi connectivity index (χ3n) is 2.66. The second-order valence-electron chi connectivity index (χ2n) is 3.53. The second-order valence-corrected chi connectivity index (χ2v) is 3.53. The van der Waals surface area contributed by atoms with Gasteiger partial charge in [0.25, 0.3) is 0 Å². The summed E-state index contributed by atoms with van der Waals surface area (Å²) in [5.74, 6) is 1.04. The molecule has 0 radical (unpaired) electrons. The summed E-state index contributed by atoms with van der Waals surface area (Å²) in [6.07, 6.45) is 1.33. The van der Waals surface area contributed by atoms with Gasteiger partial charge in [-0.3, -0.25) is 0 Å². The summed E-state index contributed by atoms with van der Waals surface area (Å²) in [7, 11) is 1.98. The lowest BCUT2D eigenvalue weighted by atomic mass is 9.98. The highest BCUT2D eigenvalue weighted by molar-refractivity contribution is 5.36. The average Bonchev–Trinajstić information content (AvgIpc) is 2.17. The van der Waals surface area contributed by atoms with Crippen molar-refractivity contribution >= 4 is 0 Å². The lowest BCUT2D eigenvalue weighted by molar-refractivity contribution is 0.154. The monoisotopic (exact) mass is 177 g/mol. The molecule has 1 heterocycles. The van der Waals surface area contributed by atoms with E-state index in [2.05, 4.69) is 24.4 Å². The zero-order valence-electron chi connectivity index (χ0n) is 8.08. The van der Waals surface area contributed by atoms with Crippen LogP contribution in [0.1, 0.15) is 12.5 Å². The minimum Gasteiger partial charge on any atom is -0.489 e. The molecule has 0 unspecified atom stereocenters. The minimum atomic E-state index is 0.264. The summed E-state index contributed by atoms with van der Waals surface area (Å²) in [6, 6.07) is 8.69. The van der Waals surface area contributed by atoms with Gasteiger partial charge in [-0.1, -0.05) is 18.2 Å². The van der Waals surface area contributed by atoms with Crippen LogP contribution in [0.5, 0.6) is 5.75 Å². The van der Waals surface area contributed by atoms with Crippen molar-refractivity contribution in [2.45, 2.75) is 25.5 Å². The zero-order valence-corrected chi connectivity index (χ0v) is 8.08. The summed E-state index contributed by atoms with van der Waals surface area (Å²) in [4.78, 5) is 0. The Kier molecular flexibility index (Phi) is 2.23. The maximum Gasteiger partial charge on any atom is 0.123 e. The molecule has 2 nitrogen and oxygen atoms in total. The first-order valence-corrected chi connectivity index (χ1v) is 4.73. The Balaban J connectivity index is 2.27. The molecule has 2 heteroatoms. The molecule has 1 aliphatic rings. The number of ether oxygens (including phenoxy) is 1. The van der Waals surface area contributed by atoms with Crippen LogP contribution in [-0.2, 0) is 6.42 Å². The second kappa shape index (κ2) is 3.38. The molecule has 0 saturated heterocycles. The molecule has 0 aromatic heterocycles. The normalized spacial score (nSPS) is 26.3. The standard InChI is InChI=1S/C11H15NO/c1-8-10(12-2)7-9-5-3-4-6-11(9)13-8/h3-6,8,10,12H,7H2,1-2H3/t8-,10+/m1/s1. The van der Waals surface area contributed by atoms with Crippen LogP contribution in [0.15, 0.2) is 24.3 Å². The van der Waals surface area contributed by atoms with Gasteiger partial charge in [0.2, 0.25) is 0 Å². The van der Waals surface area contributed by atoms with Crippen LogP contribution in [0.3, 0.4) is 0 Å². The molecule has 1 aromatic carbocycles. The highest BCUT2D eigenvalue weighted by Crippen LogP contribution is 2.26. The topological polar surface area (TPSA) is 21.3 Å². The molecule has 0 saturated carbocycles. The number of hydrogen-bond donors (Lipinski definition) is 1. The van der Waals surface area contributed by atoms with Crippen molar-refractivity contribution in [3.63, 3.8) is 0 Å². The molecule has 0 amide bonds. The Morgan fingerprint density at radius 3 is 2.92 bits per heavy atom. The van der Waals surface area contributed by atoms with Gasteiger partial charge in [-0.2, -0.15) is 0 Å². The summed E-state index contributed by atoms with van der Waals surface area (Å²) in [5.41, 5.74) is 1.31. The number of hydrogen-bond acceptors (Lipinski definition) is 2. The number of benzene rings is 1. The van der Waals surface area contributed by atoms with E-state index in [9.17, 15) is 0 Å². The van der Waals surface area contributed by atoms with Crippen LogP contribution >= 0.6 is 0 Å². The van der Waals surface area contributed by atoms with E-state index in [0.717, 1.165) is 12.2 Å². The predicted molar refractivity (Wildman–Crippen MR) is 53.1 cm³/mol. The van der Waals surface area contributed by atoms with E-state index in [1.165, 1.54) is 5.56 Å². The van der Waals surface area contributed by atoms with Crippen molar-refractivity contribution < 1.29 is 4.74 Å². The van der Waals surface area contributed by atoms with Gasteiger partial charge in [0.1, 0.15) is 11.9 Å². The van der Waals surface area contributed by atoms with Gasteiger partial charge in [-0.25, -0.2) is 0 Å². The molecular weight excluding hydrogens is 162 g/mol. The maximum absolute atomic E-state index is 5.77. The average molecular weight is 177 g/mol. The van der Waals surface area contributed by atoms with Gasteiger partial charge >= 0.3 is 0 Å². The highest BCUT2D eigenvalue weighted by Gasteiger charge is 2.24. The summed E-state index contributed by atoms with van der Waals surface area (Å²) in [5, 5.41) is 3.27. The van der Waals surface area contributed by atoms with Crippen molar-refractivity contribution in [2.24, 2.45) is 0 Å². The lowest BCUT2D eigenvalue weighted by Gasteiger charge is -2.31. The lowest BCUT2D eigenvalue weighted by Crippen LogP contribution is -2.43. The first kappa shape index (κ1) is 8.57. The van der Waals surface area contributed by atoms with Gasteiger partial charge in [0.05, 0.1) is 0 Å². The van der Waals surface area contributed by atoms with Crippen LogP contribution in [0, 0.1) is 0 Å². The largest absolute Gasteiger partial charge is 0.489 e. The SMILES string of the molecule is CN[C@H]1Cc2ccccc2O[C@@H]1C. The van der Waals surface area contributed by atoms with Crippen molar-refractivity contribution in [2.75, 3.05) is 7.05 Å². The summed E-state index contributed by atoms with van der Waals surface area (Å²) < 4.78 is 5.77. The summed E-state index contributed by atoms with van der Waals surface area (Å²) in [6.45, 7) is 2.11. The molecule has 13 heavy (non-hydrogen) atoms. The number of rotatable bonds is 1. The Hall–Kier alpha value is -1.02. The fourth-order valence-corrected chi connectivity index (χ4v) is 1.81. The Bertz CT molecular complexity index is 298. The minimum absolute atomic E-state index is 0.264. The molecule has 1 aromatic rings. The first-order chi connectivity index (χ1) is 6.31. The van der Waals surface area contributed by atoms with Crippen molar-refractivity contribution in [1.82, 2.24) is 5.32 Å². The number of para-hydroxylation sites is 1. The van der Waals surface area contributed by atoms with Gasteiger partial charge in [0, 0.05) is 6.04 Å². The fraction of sp³-hybridized carbons (Fsp3) is 0.455. The van der Waals surface area contributed by atoms with Crippen LogP contribution < -0.4 is 10.1 Å². The van der Waals surface area contributed by atoms with Crippen LogP contribution in [0.4, 0.5) is 0 Å². The first-order valence-electron chi connectivity index (χ1n) is 4.73. The van der Waals surface area contributed by atoms with E-state index < -0.39 is 0 Å². The zero-order chi connectivity index (χ0) is 9.26. The van der Waals surface area contributed by atoms with E-state index in [1.54, 1.807) is 0 Å². The van der Waals surface area contributed by atoms with Crippen LogP contribution in [-0.4, -0.2) is 19.2 Å². The molecule has 70 valence electrons. The molecule has 2 atom stereocenters. The smallest absolute Gasteiger partial charge is 0.123 e. The molecule has 0 aliphatic carbocycles. The third-order valence-corrected chi connectivity index (χ3v) is 2.66. The molecule has 1 N–H and O–H groups in total. The molecule has 0 fully saturated rings. The van der Waals surface area contributed by atoms with Gasteiger partial charge in [-0.15, -0.1) is 0 Å². The van der Waals surface area contributed by atoms with Crippen LogP contribution in [0.25, 0.3) is 0 Å². The number of nitrogens with one attached hydrogen (secondary N) is 1. The van der Waals surface area contributed by atoms with E-state index >= 15 is 0 Å². The third kappa shape index (κ3) is 1.54. The molecular formula is C11H15NO. The highest BCUT2D eigenvalue weighted by atomic mass is 16.5. The van der Waals surface area contributed by atoms with Crippen molar-refractivity contribution in [3.8, 4) is 5.75 Å². The van der Waals surface area contributed by atoms with E-state index in [0.29, 0.717) is 6.04 Å². The summed E-state index contributed by atoms with van der Waals surface area (Å²) >= 11 is 0. The predicted octanol–water partition coefficient (Wildman–Crippen LogP) is 1.60. The molecule has 2 rings (SSSR count). The van der Waals surface area contributed by atoms with E-state index in [4.69, 9.17) is 4.74 Å². The fourth-order valence-electron chi connectivity index (χ4n) is 1.81. The molecule has 0 bridgehead atoms. The molecule has 0 spiro atoms. The number of fused-ring (bicyclic) bond motifs is 1. The quantitative estimate of drug-likeness (QED) is 0.703. The van der Waals surface area contributed by atoms with Gasteiger partial charge in [-0.05, 0) is 32.0 Å². The molecule has 1 aliphatic heterocycles. The van der Waals surface area contributed by atoms with Gasteiger partial charge in [0.15, 0.2) is 0 Å². The Morgan fingerprint density at radius 2 is 2.15 bits per heavy atom. The van der Waals surface area contributed by atoms with Crippen molar-refractivity contribution in [3.05, 3.63) is 29.8 Å². The Labute approximate surface area is 78.9 Å². The van der Waals surface area contributed by atoms with Gasteiger partial charge < -0.3 is 10.1 Å². The van der Waals surface area contributed by atoms with Crippen LogP contribution in [0.2, 0.25) is 0 Å². The maximum atomic E-state index is 5.77. The van der Waals surface area contributed by atoms with Crippen molar-refractivity contribution in [1.29, 1.82) is 0 Å². The number of likely N-dealkylation sites (N-methyl/N-ethyl adjacent to an activating group) is 1. The van der Waals surface area contributed by atoms with E-state index in [-0.39, 0.29) is 6.10 Å². The Morgan fingerprint density at radius 1 is 1.38 bits per heavy atom.